The summed E-state index contributed by atoms with van der Waals surface area (Å²) in [4.78, 5) is 54.3. The van der Waals surface area contributed by atoms with E-state index >= 15 is 0 Å². The van der Waals surface area contributed by atoms with E-state index in [0.717, 1.165) is 30.7 Å². The number of aliphatic hydroxyl groups excluding tert-OH is 1. The van der Waals surface area contributed by atoms with Gasteiger partial charge in [-0.05, 0) is 92.4 Å². The van der Waals surface area contributed by atoms with Gasteiger partial charge in [-0.25, -0.2) is 13.2 Å². The third-order valence-corrected chi connectivity index (χ3v) is 9.91. The van der Waals surface area contributed by atoms with Crippen molar-refractivity contribution in [3.8, 4) is 5.75 Å². The van der Waals surface area contributed by atoms with Crippen molar-refractivity contribution in [3.05, 3.63) is 165 Å². The number of nitrogens with zero attached hydrogens (tertiary/aromatic N) is 4. The summed E-state index contributed by atoms with van der Waals surface area (Å²) in [5.41, 5.74) is 2.15. The minimum absolute atomic E-state index is 0. The van der Waals surface area contributed by atoms with Gasteiger partial charge in [0.2, 0.25) is 5.91 Å². The van der Waals surface area contributed by atoms with Gasteiger partial charge < -0.3 is 29.9 Å². The molecule has 0 radical (unpaired) electrons. The number of amides is 1. The fourth-order valence-electron chi connectivity index (χ4n) is 5.80. The highest BCUT2D eigenvalue weighted by Gasteiger charge is 2.21. The summed E-state index contributed by atoms with van der Waals surface area (Å²) in [7, 11) is 3.28. The number of non-ortho nitro benzene ring substituents is 1. The molecule has 5 aromatic rings. The number of likely N-dealkylation sites (N-methyl/N-ethyl adjacent to an activating group) is 2. The number of aryl methyl sites for hydroxylation is 2. The van der Waals surface area contributed by atoms with Crippen molar-refractivity contribution < 1.29 is 52.2 Å². The average Bonchev–Trinajstić information content (AvgIpc) is 3.90. The van der Waals surface area contributed by atoms with Gasteiger partial charge in [-0.3, -0.25) is 34.5 Å². The van der Waals surface area contributed by atoms with E-state index in [4.69, 9.17) is 26.2 Å². The highest BCUT2D eigenvalue weighted by molar-refractivity contribution is 7.59. The molecule has 1 amide bonds. The number of hydrogen-bond donors (Lipinski definition) is 3. The van der Waals surface area contributed by atoms with Gasteiger partial charge in [0.25, 0.3) is 5.69 Å². The molecule has 2 aromatic heterocycles. The van der Waals surface area contributed by atoms with Gasteiger partial charge >= 0.3 is 11.9 Å². The number of pyridine rings is 2. The normalized spacial score (nSPS) is 12.0. The zero-order valence-corrected chi connectivity index (χ0v) is 39.1. The summed E-state index contributed by atoms with van der Waals surface area (Å²) in [6.07, 6.45) is 7.17. The van der Waals surface area contributed by atoms with Crippen LogP contribution >= 0.6 is 38.6 Å². The minimum atomic E-state index is -0.981. The van der Waals surface area contributed by atoms with Gasteiger partial charge in [0.1, 0.15) is 17.6 Å². The molecule has 0 saturated carbocycles. The molecule has 1 aliphatic rings. The molecule has 2 atom stereocenters. The van der Waals surface area contributed by atoms with Crippen LogP contribution in [0.15, 0.2) is 109 Å². The SMILES string of the molecule is C1CCOC1.CN(C(=O)CCc1cccc(F)c1Cl)[C@H](CO)Cc1ccccn1.CN[C@@H](Cc1ccccn1)C(=O)O.O=C(CCc1cccc(F)c1F)Oc1ccc([N+](=O)[O-])cc1.S.S. The standard InChI is InChI=1S/C18H20ClFN2O2.C15H11F2NO4.C9H12N2O2.C4H8O.2H2S/c1-22(15(12-23)11-14-6-2-3-10-21-14)17(24)9-8-13-5-4-7-16(20)18(13)19;16-13-3-1-2-10(15(13)17)4-9-14(19)22-12-7-5-11(6-8-12)18(20)21;1-10-8(9(12)13)6-7-4-2-3-5-11-7;1-2-4-5-3-1;;/h2-7,10,15,23H,8-9,11-12H2,1H3;1-3,5-8H,4,9H2;2-5,8,10H,6H2,1H3,(H,12,13);1-4H2;2*1H2/t15-;;8-;;;/m0.0.../s1. The Morgan fingerprint density at radius 3 is 1.89 bits per heavy atom. The number of aliphatic hydroxyl groups is 1. The molecule has 6 rings (SSSR count). The fraction of sp³-hybridized carbons (Fsp3) is 0.326. The predicted molar refractivity (Wildman–Crippen MR) is 254 cm³/mol. The molecular weight excluding hydrogens is 923 g/mol. The Kier molecular flexibility index (Phi) is 28.5. The zero-order valence-electron chi connectivity index (χ0n) is 36.4. The summed E-state index contributed by atoms with van der Waals surface area (Å²) < 4.78 is 49.7. The Morgan fingerprint density at radius 1 is 0.833 bits per heavy atom. The van der Waals surface area contributed by atoms with Crippen LogP contribution < -0.4 is 10.1 Å². The molecular formula is C46H55ClF3N5O9S2. The second kappa shape index (κ2) is 32.2. The van der Waals surface area contributed by atoms with E-state index in [2.05, 4.69) is 15.3 Å². The number of ether oxygens (including phenoxy) is 2. The third kappa shape index (κ3) is 21.2. The fourth-order valence-corrected chi connectivity index (χ4v) is 6.02. The van der Waals surface area contributed by atoms with Crippen LogP contribution in [-0.2, 0) is 44.8 Å². The number of carboxylic acid groups (broad SMARTS) is 1. The number of carboxylic acids is 1. The maximum Gasteiger partial charge on any atom is 0.321 e. The number of esters is 1. The Hall–Kier alpha value is -5.57. The van der Waals surface area contributed by atoms with Crippen molar-refractivity contribution in [2.45, 2.75) is 63.5 Å². The van der Waals surface area contributed by atoms with E-state index in [1.807, 2.05) is 30.3 Å². The molecule has 3 N–H and O–H groups in total. The van der Waals surface area contributed by atoms with Crippen LogP contribution in [0, 0.1) is 27.6 Å². The quantitative estimate of drug-likeness (QED) is 0.0380. The number of hydrogen-bond acceptors (Lipinski definition) is 11. The first kappa shape index (κ1) is 58.4. The van der Waals surface area contributed by atoms with Crippen LogP contribution in [0.4, 0.5) is 18.9 Å². The van der Waals surface area contributed by atoms with Gasteiger partial charge in [0.05, 0.1) is 29.0 Å². The minimum Gasteiger partial charge on any atom is -0.480 e. The van der Waals surface area contributed by atoms with E-state index in [0.29, 0.717) is 24.8 Å². The van der Waals surface area contributed by atoms with Crippen molar-refractivity contribution in [3.63, 3.8) is 0 Å². The molecule has 0 bridgehead atoms. The molecule has 1 aliphatic heterocycles. The number of nitro groups is 1. The van der Waals surface area contributed by atoms with Gasteiger partial charge in [0, 0.05) is 75.4 Å². The number of nitrogens with one attached hydrogen (secondary N) is 1. The van der Waals surface area contributed by atoms with Gasteiger partial charge in [-0.15, -0.1) is 0 Å². The highest BCUT2D eigenvalue weighted by Crippen LogP contribution is 2.22. The summed E-state index contributed by atoms with van der Waals surface area (Å²) in [6.45, 7) is 1.85. The summed E-state index contributed by atoms with van der Waals surface area (Å²) >= 11 is 5.91. The van der Waals surface area contributed by atoms with Crippen LogP contribution in [0.1, 0.15) is 48.2 Å². The Bertz CT molecular complexity index is 2210. The maximum absolute atomic E-state index is 13.4. The molecule has 66 heavy (non-hydrogen) atoms. The van der Waals surface area contributed by atoms with E-state index in [-0.39, 0.29) is 86.8 Å². The summed E-state index contributed by atoms with van der Waals surface area (Å²) in [5.74, 6) is -3.92. The molecule has 358 valence electrons. The lowest BCUT2D eigenvalue weighted by Crippen LogP contribution is -2.41. The molecule has 1 fully saturated rings. The summed E-state index contributed by atoms with van der Waals surface area (Å²) in [6, 6.07) is 23.4. The van der Waals surface area contributed by atoms with Gasteiger partial charge in [0.15, 0.2) is 11.6 Å². The van der Waals surface area contributed by atoms with Crippen LogP contribution in [-0.4, -0.2) is 93.8 Å². The maximum atomic E-state index is 13.4. The predicted octanol–water partition coefficient (Wildman–Crippen LogP) is 7.60. The van der Waals surface area contributed by atoms with Gasteiger partial charge in [-0.1, -0.05) is 48.0 Å². The molecule has 14 nitrogen and oxygen atoms in total. The Labute approximate surface area is 400 Å². The number of halogens is 4. The molecule has 0 unspecified atom stereocenters. The monoisotopic (exact) mass is 977 g/mol. The average molecular weight is 979 g/mol. The number of benzene rings is 3. The smallest absolute Gasteiger partial charge is 0.321 e. The second-order valence-electron chi connectivity index (χ2n) is 14.0. The van der Waals surface area contributed by atoms with E-state index < -0.39 is 40.4 Å². The van der Waals surface area contributed by atoms with Crippen molar-refractivity contribution in [1.29, 1.82) is 0 Å². The molecule has 1 saturated heterocycles. The van der Waals surface area contributed by atoms with Crippen molar-refractivity contribution in [2.24, 2.45) is 0 Å². The number of carbonyl (C=O) groups excluding carboxylic acids is 2. The Morgan fingerprint density at radius 2 is 1.39 bits per heavy atom. The first-order chi connectivity index (χ1) is 30.7. The van der Waals surface area contributed by atoms with E-state index in [1.165, 1.54) is 60.2 Å². The number of aromatic nitrogens is 2. The van der Waals surface area contributed by atoms with E-state index in [1.54, 1.807) is 44.7 Å². The van der Waals surface area contributed by atoms with Crippen LogP contribution in [0.25, 0.3) is 0 Å². The first-order valence-electron chi connectivity index (χ1n) is 20.2. The lowest BCUT2D eigenvalue weighted by atomic mass is 10.1. The van der Waals surface area contributed by atoms with Crippen molar-refractivity contribution in [2.75, 3.05) is 33.9 Å². The largest absolute Gasteiger partial charge is 0.480 e. The first-order valence-corrected chi connectivity index (χ1v) is 20.6. The van der Waals surface area contributed by atoms with E-state index in [9.17, 15) is 42.8 Å². The summed E-state index contributed by atoms with van der Waals surface area (Å²) in [5, 5.41) is 31.6. The Balaban J connectivity index is 0.000000477. The highest BCUT2D eigenvalue weighted by atomic mass is 35.5. The number of rotatable bonds is 16. The number of aliphatic carboxylic acids is 1. The molecule has 3 aromatic carbocycles. The van der Waals surface area contributed by atoms with Crippen LogP contribution in [0.2, 0.25) is 5.02 Å². The van der Waals surface area contributed by atoms with Crippen molar-refractivity contribution in [1.82, 2.24) is 20.2 Å². The topological polar surface area (TPSA) is 194 Å². The molecule has 0 spiro atoms. The van der Waals surface area contributed by atoms with Gasteiger partial charge in [-0.2, -0.15) is 27.0 Å². The van der Waals surface area contributed by atoms with Crippen LogP contribution in [0.5, 0.6) is 5.75 Å². The van der Waals surface area contributed by atoms with Crippen LogP contribution in [0.3, 0.4) is 0 Å². The zero-order chi connectivity index (χ0) is 46.9. The second-order valence-corrected chi connectivity index (χ2v) is 14.4. The molecule has 3 heterocycles. The number of nitro benzene ring substituents is 1. The third-order valence-electron chi connectivity index (χ3n) is 9.49. The molecule has 20 heteroatoms. The lowest BCUT2D eigenvalue weighted by molar-refractivity contribution is -0.384. The van der Waals surface area contributed by atoms with Crippen molar-refractivity contribution >= 4 is 62.1 Å². The molecule has 0 aliphatic carbocycles. The number of carbonyl (C=O) groups is 3. The lowest BCUT2D eigenvalue weighted by Gasteiger charge is -2.26.